The second kappa shape index (κ2) is 7.12. The summed E-state index contributed by atoms with van der Waals surface area (Å²) in [6.07, 6.45) is 1.42. The van der Waals surface area contributed by atoms with E-state index in [9.17, 15) is 13.2 Å². The summed E-state index contributed by atoms with van der Waals surface area (Å²) < 4.78 is 43.5. The molecule has 3 heterocycles. The van der Waals surface area contributed by atoms with Crippen molar-refractivity contribution in [3.8, 4) is 6.01 Å². The Morgan fingerprint density at radius 2 is 1.96 bits per heavy atom. The first-order valence-electron chi connectivity index (χ1n) is 7.69. The van der Waals surface area contributed by atoms with Gasteiger partial charge >= 0.3 is 12.2 Å². The number of likely N-dealkylation sites (tertiary alicyclic amines) is 1. The van der Waals surface area contributed by atoms with E-state index in [1.807, 2.05) is 18.3 Å². The van der Waals surface area contributed by atoms with E-state index in [1.165, 1.54) is 0 Å². The van der Waals surface area contributed by atoms with Gasteiger partial charge in [-0.05, 0) is 30.5 Å². The summed E-state index contributed by atoms with van der Waals surface area (Å²) in [5, 5.41) is 0. The van der Waals surface area contributed by atoms with Gasteiger partial charge in [-0.15, -0.1) is 0 Å². The highest BCUT2D eigenvalue weighted by Gasteiger charge is 2.33. The molecule has 1 aliphatic heterocycles. The zero-order valence-electron chi connectivity index (χ0n) is 12.9. The summed E-state index contributed by atoms with van der Waals surface area (Å²) >= 11 is 0. The van der Waals surface area contributed by atoms with Crippen LogP contribution in [0.5, 0.6) is 6.01 Å². The lowest BCUT2D eigenvalue weighted by Gasteiger charge is -2.31. The molecule has 0 amide bonds. The summed E-state index contributed by atoms with van der Waals surface area (Å²) in [6, 6.07) is 4.54. The van der Waals surface area contributed by atoms with Crippen LogP contribution in [0.3, 0.4) is 0 Å². The zero-order chi connectivity index (χ0) is 17.0. The number of nitrogens with zero attached hydrogens (tertiary/aromatic N) is 4. The lowest BCUT2D eigenvalue weighted by Crippen LogP contribution is -2.38. The third-order valence-corrected chi connectivity index (χ3v) is 3.86. The van der Waals surface area contributed by atoms with Gasteiger partial charge in [0.1, 0.15) is 6.10 Å². The van der Waals surface area contributed by atoms with Crippen LogP contribution in [-0.4, -0.2) is 39.0 Å². The van der Waals surface area contributed by atoms with Crippen molar-refractivity contribution in [3.63, 3.8) is 0 Å². The minimum atomic E-state index is -4.49. The second-order valence-corrected chi connectivity index (χ2v) is 5.68. The Hall–Kier alpha value is -2.22. The maximum absolute atomic E-state index is 12.6. The lowest BCUT2D eigenvalue weighted by atomic mass is 10.1. The third kappa shape index (κ3) is 4.41. The van der Waals surface area contributed by atoms with Gasteiger partial charge in [-0.3, -0.25) is 9.88 Å². The van der Waals surface area contributed by atoms with Gasteiger partial charge in [0, 0.05) is 38.2 Å². The van der Waals surface area contributed by atoms with Crippen LogP contribution >= 0.6 is 0 Å². The van der Waals surface area contributed by atoms with Gasteiger partial charge in [-0.25, -0.2) is 4.98 Å². The van der Waals surface area contributed by atoms with Crippen molar-refractivity contribution in [1.29, 1.82) is 0 Å². The van der Waals surface area contributed by atoms with Crippen LogP contribution in [0.1, 0.15) is 24.1 Å². The maximum Gasteiger partial charge on any atom is 0.433 e. The van der Waals surface area contributed by atoms with E-state index in [0.717, 1.165) is 50.3 Å². The Balaban J connectivity index is 1.52. The number of aromatic nitrogens is 3. The van der Waals surface area contributed by atoms with Gasteiger partial charge in [0.05, 0.1) is 0 Å². The summed E-state index contributed by atoms with van der Waals surface area (Å²) in [5.41, 5.74) is 0.152. The molecule has 0 radical (unpaired) electrons. The monoisotopic (exact) mass is 338 g/mol. The van der Waals surface area contributed by atoms with Crippen LogP contribution in [-0.2, 0) is 12.7 Å². The van der Waals surface area contributed by atoms with Gasteiger partial charge in [0.2, 0.25) is 0 Å². The van der Waals surface area contributed by atoms with E-state index in [1.54, 1.807) is 6.20 Å². The van der Waals surface area contributed by atoms with Crippen LogP contribution in [0.4, 0.5) is 13.2 Å². The number of hydrogen-bond donors (Lipinski definition) is 0. The highest BCUT2D eigenvalue weighted by Crippen LogP contribution is 2.28. The second-order valence-electron chi connectivity index (χ2n) is 5.68. The van der Waals surface area contributed by atoms with Gasteiger partial charge in [0.25, 0.3) is 0 Å². The van der Waals surface area contributed by atoms with Gasteiger partial charge < -0.3 is 4.74 Å². The number of ether oxygens (including phenoxy) is 1. The number of pyridine rings is 1. The first-order valence-corrected chi connectivity index (χ1v) is 7.69. The molecule has 3 rings (SSSR count). The molecule has 0 saturated carbocycles. The molecule has 1 saturated heterocycles. The van der Waals surface area contributed by atoms with E-state index >= 15 is 0 Å². The molecular formula is C16H17F3N4O. The summed E-state index contributed by atoms with van der Waals surface area (Å²) in [4.78, 5) is 13.6. The van der Waals surface area contributed by atoms with Crippen molar-refractivity contribution in [2.45, 2.75) is 31.7 Å². The molecule has 1 aliphatic rings. The topological polar surface area (TPSA) is 51.1 Å². The number of alkyl halides is 3. The van der Waals surface area contributed by atoms with E-state index in [4.69, 9.17) is 4.74 Å². The Bertz CT molecular complexity index is 658. The lowest BCUT2D eigenvalue weighted by molar-refractivity contribution is -0.141. The molecule has 2 aromatic heterocycles. The molecule has 2 aromatic rings. The molecule has 0 unspecified atom stereocenters. The SMILES string of the molecule is FC(F)(F)c1ccnc(OC2CCN(Cc3cccnc3)CC2)n1. The summed E-state index contributed by atoms with van der Waals surface area (Å²) in [5.74, 6) is 0. The van der Waals surface area contributed by atoms with Crippen LogP contribution in [0, 0.1) is 0 Å². The fourth-order valence-corrected chi connectivity index (χ4v) is 2.64. The van der Waals surface area contributed by atoms with E-state index in [-0.39, 0.29) is 12.1 Å². The maximum atomic E-state index is 12.6. The molecule has 8 heteroatoms. The third-order valence-electron chi connectivity index (χ3n) is 3.86. The standard InChI is InChI=1S/C16H17F3N4O/c17-16(18,19)14-3-7-21-15(22-14)24-13-4-8-23(9-5-13)11-12-2-1-6-20-10-12/h1-3,6-7,10,13H,4-5,8-9,11H2. The Labute approximate surface area is 137 Å². The van der Waals surface area contributed by atoms with Crippen molar-refractivity contribution in [2.24, 2.45) is 0 Å². The molecule has 0 aromatic carbocycles. The van der Waals surface area contributed by atoms with Crippen molar-refractivity contribution in [2.75, 3.05) is 13.1 Å². The predicted molar refractivity (Wildman–Crippen MR) is 80.2 cm³/mol. The fraction of sp³-hybridized carbons (Fsp3) is 0.438. The quantitative estimate of drug-likeness (QED) is 0.858. The Morgan fingerprint density at radius 3 is 2.62 bits per heavy atom. The molecule has 0 spiro atoms. The highest BCUT2D eigenvalue weighted by molar-refractivity contribution is 5.10. The van der Waals surface area contributed by atoms with Crippen LogP contribution < -0.4 is 4.74 Å². The Kier molecular flexibility index (Phi) is 4.94. The molecule has 1 fully saturated rings. The van der Waals surface area contributed by atoms with Crippen LogP contribution in [0.2, 0.25) is 0 Å². The number of rotatable bonds is 4. The normalized spacial score (nSPS) is 17.0. The van der Waals surface area contributed by atoms with E-state index < -0.39 is 11.9 Å². The van der Waals surface area contributed by atoms with Crippen LogP contribution in [0.15, 0.2) is 36.8 Å². The van der Waals surface area contributed by atoms with Gasteiger partial charge in [-0.1, -0.05) is 6.07 Å². The molecular weight excluding hydrogens is 321 g/mol. The molecule has 0 N–H and O–H groups in total. The molecule has 0 bridgehead atoms. The summed E-state index contributed by atoms with van der Waals surface area (Å²) in [7, 11) is 0. The molecule has 0 atom stereocenters. The molecule has 5 nitrogen and oxygen atoms in total. The van der Waals surface area contributed by atoms with Crippen molar-refractivity contribution >= 4 is 0 Å². The molecule has 24 heavy (non-hydrogen) atoms. The first-order chi connectivity index (χ1) is 11.5. The van der Waals surface area contributed by atoms with Gasteiger partial charge in [-0.2, -0.15) is 18.2 Å². The fourth-order valence-electron chi connectivity index (χ4n) is 2.64. The predicted octanol–water partition coefficient (Wildman–Crippen LogP) is 2.93. The smallest absolute Gasteiger partial charge is 0.433 e. The minimum Gasteiger partial charge on any atom is -0.460 e. The number of hydrogen-bond acceptors (Lipinski definition) is 5. The van der Waals surface area contributed by atoms with Gasteiger partial charge in [0.15, 0.2) is 5.69 Å². The van der Waals surface area contributed by atoms with E-state index in [2.05, 4.69) is 19.9 Å². The number of halogens is 3. The first kappa shape index (κ1) is 16.6. The van der Waals surface area contributed by atoms with Crippen molar-refractivity contribution in [3.05, 3.63) is 48.0 Å². The Morgan fingerprint density at radius 1 is 1.17 bits per heavy atom. The summed E-state index contributed by atoms with van der Waals surface area (Å²) in [6.45, 7) is 2.41. The minimum absolute atomic E-state index is 0.168. The van der Waals surface area contributed by atoms with Crippen LogP contribution in [0.25, 0.3) is 0 Å². The van der Waals surface area contributed by atoms with Crippen molar-refractivity contribution in [1.82, 2.24) is 19.9 Å². The van der Waals surface area contributed by atoms with E-state index in [0.29, 0.717) is 0 Å². The molecule has 128 valence electrons. The zero-order valence-corrected chi connectivity index (χ0v) is 12.9. The number of piperidine rings is 1. The average Bonchev–Trinajstić information content (AvgIpc) is 2.57. The molecule has 0 aliphatic carbocycles. The van der Waals surface area contributed by atoms with Crippen molar-refractivity contribution < 1.29 is 17.9 Å². The average molecular weight is 338 g/mol. The highest BCUT2D eigenvalue weighted by atomic mass is 19.4. The largest absolute Gasteiger partial charge is 0.460 e.